The van der Waals surface area contributed by atoms with E-state index >= 15 is 0 Å². The summed E-state index contributed by atoms with van der Waals surface area (Å²) in [6, 6.07) is 8.65. The SMILES string of the molecule is Cc1cc(OCc2ccc(F)cc2C#CCO)ccc1F. The molecule has 108 valence electrons. The third-order valence-electron chi connectivity index (χ3n) is 2.90. The van der Waals surface area contributed by atoms with E-state index in [2.05, 4.69) is 11.8 Å². The quantitative estimate of drug-likeness (QED) is 0.879. The summed E-state index contributed by atoms with van der Waals surface area (Å²) in [6.07, 6.45) is 0. The van der Waals surface area contributed by atoms with Gasteiger partial charge in [0.1, 0.15) is 30.6 Å². The van der Waals surface area contributed by atoms with Crippen molar-refractivity contribution in [3.8, 4) is 17.6 Å². The molecule has 2 nitrogen and oxygen atoms in total. The second-order valence-electron chi connectivity index (χ2n) is 4.46. The number of halogens is 2. The average Bonchev–Trinajstić information content (AvgIpc) is 2.47. The highest BCUT2D eigenvalue weighted by molar-refractivity contribution is 5.42. The molecule has 2 rings (SSSR count). The molecule has 0 spiro atoms. The lowest BCUT2D eigenvalue weighted by atomic mass is 10.1. The molecule has 0 saturated carbocycles. The van der Waals surface area contributed by atoms with E-state index < -0.39 is 5.82 Å². The van der Waals surface area contributed by atoms with Crippen LogP contribution in [0.4, 0.5) is 8.78 Å². The van der Waals surface area contributed by atoms with Gasteiger partial charge in [0.2, 0.25) is 0 Å². The Balaban J connectivity index is 2.17. The Morgan fingerprint density at radius 1 is 1.14 bits per heavy atom. The highest BCUT2D eigenvalue weighted by Crippen LogP contribution is 2.19. The van der Waals surface area contributed by atoms with Crippen LogP contribution < -0.4 is 4.74 Å². The molecule has 4 heteroatoms. The maximum atomic E-state index is 13.2. The molecule has 0 bridgehead atoms. The van der Waals surface area contributed by atoms with E-state index in [4.69, 9.17) is 9.84 Å². The molecule has 21 heavy (non-hydrogen) atoms. The second kappa shape index (κ2) is 6.87. The van der Waals surface area contributed by atoms with Crippen LogP contribution in [0.5, 0.6) is 5.75 Å². The summed E-state index contributed by atoms with van der Waals surface area (Å²) in [6.45, 7) is 1.53. The van der Waals surface area contributed by atoms with Gasteiger partial charge in [0.25, 0.3) is 0 Å². The Morgan fingerprint density at radius 2 is 1.95 bits per heavy atom. The number of aliphatic hydroxyl groups excluding tert-OH is 1. The van der Waals surface area contributed by atoms with E-state index in [0.29, 0.717) is 22.4 Å². The van der Waals surface area contributed by atoms with Crippen molar-refractivity contribution in [2.45, 2.75) is 13.5 Å². The first-order valence-electron chi connectivity index (χ1n) is 6.37. The van der Waals surface area contributed by atoms with Crippen molar-refractivity contribution in [2.75, 3.05) is 6.61 Å². The Morgan fingerprint density at radius 3 is 2.67 bits per heavy atom. The molecular weight excluding hydrogens is 274 g/mol. The molecule has 0 heterocycles. The van der Waals surface area contributed by atoms with Gasteiger partial charge >= 0.3 is 0 Å². The van der Waals surface area contributed by atoms with Crippen molar-refractivity contribution in [1.29, 1.82) is 0 Å². The molecule has 0 aliphatic carbocycles. The zero-order chi connectivity index (χ0) is 15.2. The minimum Gasteiger partial charge on any atom is -0.489 e. The number of aliphatic hydroxyl groups is 1. The minimum absolute atomic E-state index is 0.181. The molecule has 2 aromatic rings. The zero-order valence-electron chi connectivity index (χ0n) is 11.5. The Labute approximate surface area is 122 Å². The Kier molecular flexibility index (Phi) is 4.91. The van der Waals surface area contributed by atoms with E-state index in [9.17, 15) is 8.78 Å². The molecule has 0 fully saturated rings. The van der Waals surface area contributed by atoms with Crippen molar-refractivity contribution < 1.29 is 18.6 Å². The van der Waals surface area contributed by atoms with Crippen LogP contribution in [0, 0.1) is 30.4 Å². The van der Waals surface area contributed by atoms with Gasteiger partial charge in [-0.05, 0) is 42.8 Å². The molecule has 0 unspecified atom stereocenters. The minimum atomic E-state index is -0.404. The van der Waals surface area contributed by atoms with Crippen molar-refractivity contribution in [2.24, 2.45) is 0 Å². The summed E-state index contributed by atoms with van der Waals surface area (Å²) >= 11 is 0. The average molecular weight is 288 g/mol. The molecular formula is C17H14F2O2. The fraction of sp³-hybridized carbons (Fsp3) is 0.176. The summed E-state index contributed by atoms with van der Waals surface area (Å²) < 4.78 is 32.0. The van der Waals surface area contributed by atoms with Gasteiger partial charge in [-0.1, -0.05) is 17.9 Å². The number of aryl methyl sites for hydroxylation is 1. The Hall–Kier alpha value is -2.38. The monoisotopic (exact) mass is 288 g/mol. The third-order valence-corrected chi connectivity index (χ3v) is 2.90. The number of ether oxygens (including phenoxy) is 1. The summed E-state index contributed by atoms with van der Waals surface area (Å²) in [7, 11) is 0. The number of benzene rings is 2. The fourth-order valence-electron chi connectivity index (χ4n) is 1.79. The van der Waals surface area contributed by atoms with Gasteiger partial charge in [0, 0.05) is 11.1 Å². The van der Waals surface area contributed by atoms with Gasteiger partial charge < -0.3 is 9.84 Å². The predicted octanol–water partition coefficient (Wildman–Crippen LogP) is 3.20. The standard InChI is InChI=1S/C17H14F2O2/c1-12-9-16(6-7-17(12)19)21-11-14-4-5-15(18)10-13(14)3-2-8-20/h4-7,9-10,20H,8,11H2,1H3. The van der Waals surface area contributed by atoms with E-state index in [1.54, 1.807) is 19.1 Å². The van der Waals surface area contributed by atoms with Crippen molar-refractivity contribution >= 4 is 0 Å². The molecule has 0 aliphatic rings. The van der Waals surface area contributed by atoms with Crippen LogP contribution in [-0.4, -0.2) is 11.7 Å². The van der Waals surface area contributed by atoms with Gasteiger partial charge in [0.15, 0.2) is 0 Å². The highest BCUT2D eigenvalue weighted by atomic mass is 19.1. The van der Waals surface area contributed by atoms with Crippen molar-refractivity contribution in [3.05, 3.63) is 64.7 Å². The number of hydrogen-bond donors (Lipinski definition) is 1. The number of rotatable bonds is 3. The Bertz CT molecular complexity index is 700. The van der Waals surface area contributed by atoms with Crippen molar-refractivity contribution in [1.82, 2.24) is 0 Å². The molecule has 0 aliphatic heterocycles. The maximum Gasteiger partial charge on any atom is 0.126 e. The summed E-state index contributed by atoms with van der Waals surface area (Å²) in [4.78, 5) is 0. The van der Waals surface area contributed by atoms with E-state index in [1.165, 1.54) is 24.3 Å². The van der Waals surface area contributed by atoms with Crippen LogP contribution in [0.2, 0.25) is 0 Å². The van der Waals surface area contributed by atoms with Crippen molar-refractivity contribution in [3.63, 3.8) is 0 Å². The molecule has 2 aromatic carbocycles. The second-order valence-corrected chi connectivity index (χ2v) is 4.46. The first kappa shape index (κ1) is 15.0. The van der Waals surface area contributed by atoms with Crippen LogP contribution in [0.1, 0.15) is 16.7 Å². The van der Waals surface area contributed by atoms with Gasteiger partial charge in [0.05, 0.1) is 0 Å². The normalized spacial score (nSPS) is 9.90. The van der Waals surface area contributed by atoms with Gasteiger partial charge in [-0.25, -0.2) is 8.78 Å². The van der Waals surface area contributed by atoms with Crippen LogP contribution in [0.3, 0.4) is 0 Å². The summed E-state index contributed by atoms with van der Waals surface area (Å²) in [5.41, 5.74) is 1.65. The zero-order valence-corrected chi connectivity index (χ0v) is 11.5. The topological polar surface area (TPSA) is 29.5 Å². The van der Waals surface area contributed by atoms with E-state index in [-0.39, 0.29) is 19.0 Å². The molecule has 0 radical (unpaired) electrons. The first-order chi connectivity index (χ1) is 10.1. The van der Waals surface area contributed by atoms with Crippen LogP contribution in [0.15, 0.2) is 36.4 Å². The maximum absolute atomic E-state index is 13.2. The number of hydrogen-bond acceptors (Lipinski definition) is 2. The van der Waals surface area contributed by atoms with Gasteiger partial charge in [-0.2, -0.15) is 0 Å². The lowest BCUT2D eigenvalue weighted by Gasteiger charge is -2.09. The molecule has 1 N–H and O–H groups in total. The highest BCUT2D eigenvalue weighted by Gasteiger charge is 2.05. The predicted molar refractivity (Wildman–Crippen MR) is 75.8 cm³/mol. The van der Waals surface area contributed by atoms with Gasteiger partial charge in [-0.15, -0.1) is 0 Å². The van der Waals surface area contributed by atoms with E-state index in [0.717, 1.165) is 0 Å². The fourth-order valence-corrected chi connectivity index (χ4v) is 1.79. The molecule has 0 saturated heterocycles. The molecule has 0 amide bonds. The molecule has 0 aromatic heterocycles. The van der Waals surface area contributed by atoms with E-state index in [1.807, 2.05) is 0 Å². The van der Waals surface area contributed by atoms with Crippen LogP contribution >= 0.6 is 0 Å². The summed E-state index contributed by atoms with van der Waals surface area (Å²) in [5, 5.41) is 8.72. The smallest absolute Gasteiger partial charge is 0.126 e. The first-order valence-corrected chi connectivity index (χ1v) is 6.37. The lowest BCUT2D eigenvalue weighted by Crippen LogP contribution is -1.99. The third kappa shape index (κ3) is 4.04. The summed E-state index contributed by atoms with van der Waals surface area (Å²) in [5.74, 6) is 4.99. The van der Waals surface area contributed by atoms with Crippen LogP contribution in [0.25, 0.3) is 0 Å². The molecule has 0 atom stereocenters. The van der Waals surface area contributed by atoms with Gasteiger partial charge in [-0.3, -0.25) is 0 Å². The largest absolute Gasteiger partial charge is 0.489 e. The van der Waals surface area contributed by atoms with Crippen LogP contribution in [-0.2, 0) is 6.61 Å². The lowest BCUT2D eigenvalue weighted by molar-refractivity contribution is 0.305.